The van der Waals surface area contributed by atoms with Gasteiger partial charge in [0.25, 0.3) is 0 Å². The zero-order chi connectivity index (χ0) is 20.8. The van der Waals surface area contributed by atoms with Crippen LogP contribution in [0.3, 0.4) is 0 Å². The quantitative estimate of drug-likeness (QED) is 0.536. The van der Waals surface area contributed by atoms with Crippen molar-refractivity contribution in [3.63, 3.8) is 0 Å². The van der Waals surface area contributed by atoms with Gasteiger partial charge in [0.2, 0.25) is 0 Å². The molecule has 0 radical (unpaired) electrons. The molecule has 0 spiro atoms. The number of nitrogens with one attached hydrogen (secondary N) is 2. The van der Waals surface area contributed by atoms with Crippen LogP contribution in [0.4, 0.5) is 5.69 Å². The Labute approximate surface area is 181 Å². The number of hydrogen-bond acceptors (Lipinski definition) is 6. The molecule has 2 fully saturated rings. The zero-order valence-corrected chi connectivity index (χ0v) is 17.5. The fraction of sp³-hybridized carbons (Fsp3) is 0.333. The molecule has 31 heavy (non-hydrogen) atoms. The van der Waals surface area contributed by atoms with Gasteiger partial charge >= 0.3 is 0 Å². The maximum absolute atomic E-state index is 4.96. The minimum Gasteiger partial charge on any atom is -0.370 e. The van der Waals surface area contributed by atoms with E-state index in [1.807, 2.05) is 49.6 Å². The highest BCUT2D eigenvalue weighted by atomic mass is 15.2. The Balaban J connectivity index is 1.35. The predicted molar refractivity (Wildman–Crippen MR) is 122 cm³/mol. The second kappa shape index (κ2) is 7.42. The van der Waals surface area contributed by atoms with Crippen LogP contribution in [0.1, 0.15) is 18.5 Å². The van der Waals surface area contributed by atoms with Crippen LogP contribution in [-0.4, -0.2) is 50.8 Å². The average molecular weight is 412 g/mol. The van der Waals surface area contributed by atoms with E-state index in [0.717, 1.165) is 70.6 Å². The van der Waals surface area contributed by atoms with Crippen molar-refractivity contribution in [2.75, 3.05) is 24.5 Å². The number of nitrogens with zero attached hydrogens (tertiary/aromatic N) is 5. The molecular formula is C24H25N7. The molecule has 2 aliphatic heterocycles. The van der Waals surface area contributed by atoms with E-state index < -0.39 is 0 Å². The van der Waals surface area contributed by atoms with E-state index in [0.29, 0.717) is 6.04 Å². The smallest absolute Gasteiger partial charge is 0.0928 e. The second-order valence-electron chi connectivity index (χ2n) is 8.60. The van der Waals surface area contributed by atoms with Gasteiger partial charge in [0.1, 0.15) is 0 Å². The number of hydrogen-bond donors (Lipinski definition) is 2. The summed E-state index contributed by atoms with van der Waals surface area (Å²) in [6.07, 6.45) is 6.27. The van der Waals surface area contributed by atoms with Crippen molar-refractivity contribution >= 4 is 16.7 Å². The lowest BCUT2D eigenvalue weighted by molar-refractivity contribution is 0.376. The van der Waals surface area contributed by atoms with Crippen LogP contribution in [0.2, 0.25) is 0 Å². The molecule has 0 aliphatic carbocycles. The molecule has 4 aromatic rings. The Morgan fingerprint density at radius 3 is 2.90 bits per heavy atom. The number of piperidine rings is 1. The zero-order valence-electron chi connectivity index (χ0n) is 17.5. The largest absolute Gasteiger partial charge is 0.370 e. The first-order chi connectivity index (χ1) is 15.2. The molecule has 2 atom stereocenters. The number of pyridine rings is 3. The second-order valence-corrected chi connectivity index (χ2v) is 8.60. The molecule has 0 aromatic carbocycles. The van der Waals surface area contributed by atoms with Gasteiger partial charge in [-0.2, -0.15) is 5.10 Å². The van der Waals surface area contributed by atoms with Crippen LogP contribution in [0, 0.1) is 12.8 Å². The highest BCUT2D eigenvalue weighted by molar-refractivity contribution is 5.84. The third-order valence-corrected chi connectivity index (χ3v) is 6.60. The lowest BCUT2D eigenvalue weighted by Crippen LogP contribution is -2.44. The summed E-state index contributed by atoms with van der Waals surface area (Å²) < 4.78 is 0. The first kappa shape index (κ1) is 18.4. The van der Waals surface area contributed by atoms with E-state index in [1.165, 1.54) is 12.8 Å². The third kappa shape index (κ3) is 3.35. The molecule has 2 N–H and O–H groups in total. The molecule has 0 bridgehead atoms. The van der Waals surface area contributed by atoms with E-state index in [-0.39, 0.29) is 0 Å². The molecule has 2 aliphatic rings. The molecule has 7 heteroatoms. The van der Waals surface area contributed by atoms with Gasteiger partial charge in [-0.05, 0) is 62.6 Å². The average Bonchev–Trinajstić information content (AvgIpc) is 3.47. The summed E-state index contributed by atoms with van der Waals surface area (Å²) in [5, 5.41) is 11.0. The van der Waals surface area contributed by atoms with Crippen LogP contribution < -0.4 is 10.2 Å². The van der Waals surface area contributed by atoms with Crippen LogP contribution >= 0.6 is 0 Å². The van der Waals surface area contributed by atoms with Crippen LogP contribution in [0.25, 0.3) is 33.7 Å². The maximum atomic E-state index is 4.96. The van der Waals surface area contributed by atoms with Gasteiger partial charge in [-0.1, -0.05) is 6.07 Å². The number of aromatic nitrogens is 5. The van der Waals surface area contributed by atoms with Crippen LogP contribution in [0.5, 0.6) is 0 Å². The number of aryl methyl sites for hydroxylation is 1. The fourth-order valence-corrected chi connectivity index (χ4v) is 4.96. The van der Waals surface area contributed by atoms with E-state index in [4.69, 9.17) is 9.97 Å². The molecular weight excluding hydrogens is 386 g/mol. The topological polar surface area (TPSA) is 82.6 Å². The molecule has 7 nitrogen and oxygen atoms in total. The van der Waals surface area contributed by atoms with Crippen molar-refractivity contribution in [3.8, 4) is 22.6 Å². The molecule has 6 rings (SSSR count). The number of fused-ring (bicyclic) bond motifs is 2. The van der Waals surface area contributed by atoms with Crippen molar-refractivity contribution in [2.24, 2.45) is 5.92 Å². The lowest BCUT2D eigenvalue weighted by atomic mass is 9.93. The minimum absolute atomic E-state index is 0.684. The van der Waals surface area contributed by atoms with Gasteiger partial charge in [-0.25, -0.2) is 4.98 Å². The SMILES string of the molecule is Cc1cccc(-c2[nH]ncc2-c2ccc3ncc(N4CCC5NCCC5C4)cc3n2)n1. The molecule has 6 heterocycles. The Bertz CT molecular complexity index is 1250. The highest BCUT2D eigenvalue weighted by Crippen LogP contribution is 2.31. The Kier molecular flexibility index (Phi) is 4.42. The number of aromatic amines is 1. The molecule has 2 saturated heterocycles. The fourth-order valence-electron chi connectivity index (χ4n) is 4.96. The standard InChI is InChI=1S/C24H25N7/c1-15-3-2-4-22(28-15)24-18(13-27-30-24)20-5-6-21-23(29-20)11-17(12-26-21)31-10-8-19-16(14-31)7-9-25-19/h2-6,11-13,16,19,25H,7-10,14H2,1H3,(H,27,30). The summed E-state index contributed by atoms with van der Waals surface area (Å²) in [6, 6.07) is 12.9. The number of rotatable bonds is 3. The van der Waals surface area contributed by atoms with Crippen molar-refractivity contribution in [2.45, 2.75) is 25.8 Å². The Morgan fingerprint density at radius 1 is 1.00 bits per heavy atom. The van der Waals surface area contributed by atoms with Crippen molar-refractivity contribution in [1.82, 2.24) is 30.5 Å². The van der Waals surface area contributed by atoms with Crippen molar-refractivity contribution < 1.29 is 0 Å². The minimum atomic E-state index is 0.684. The van der Waals surface area contributed by atoms with Gasteiger partial charge in [0, 0.05) is 30.4 Å². The van der Waals surface area contributed by atoms with E-state index in [2.05, 4.69) is 31.5 Å². The summed E-state index contributed by atoms with van der Waals surface area (Å²) in [5.41, 5.74) is 7.52. The van der Waals surface area contributed by atoms with Gasteiger partial charge in [-0.15, -0.1) is 0 Å². The first-order valence-corrected chi connectivity index (χ1v) is 11.0. The van der Waals surface area contributed by atoms with E-state index >= 15 is 0 Å². The summed E-state index contributed by atoms with van der Waals surface area (Å²) in [7, 11) is 0. The number of anilines is 1. The van der Waals surface area contributed by atoms with Crippen LogP contribution in [0.15, 0.2) is 48.8 Å². The normalized spacial score (nSPS) is 20.9. The summed E-state index contributed by atoms with van der Waals surface area (Å²) in [4.78, 5) is 16.8. The lowest BCUT2D eigenvalue weighted by Gasteiger charge is -2.36. The van der Waals surface area contributed by atoms with Gasteiger partial charge in [0.15, 0.2) is 0 Å². The van der Waals surface area contributed by atoms with E-state index in [9.17, 15) is 0 Å². The van der Waals surface area contributed by atoms with Gasteiger partial charge < -0.3 is 10.2 Å². The molecule has 2 unspecified atom stereocenters. The maximum Gasteiger partial charge on any atom is 0.0928 e. The first-order valence-electron chi connectivity index (χ1n) is 11.0. The van der Waals surface area contributed by atoms with E-state index in [1.54, 1.807) is 0 Å². The predicted octanol–water partition coefficient (Wildman–Crippen LogP) is 3.58. The Morgan fingerprint density at radius 2 is 1.97 bits per heavy atom. The summed E-state index contributed by atoms with van der Waals surface area (Å²) in [6.45, 7) is 5.29. The van der Waals surface area contributed by atoms with Crippen molar-refractivity contribution in [3.05, 3.63) is 54.5 Å². The molecule has 4 aromatic heterocycles. The van der Waals surface area contributed by atoms with Gasteiger partial charge in [-0.3, -0.25) is 15.1 Å². The third-order valence-electron chi connectivity index (χ3n) is 6.60. The van der Waals surface area contributed by atoms with Crippen molar-refractivity contribution in [1.29, 1.82) is 0 Å². The molecule has 0 amide bonds. The number of H-pyrrole nitrogens is 1. The summed E-state index contributed by atoms with van der Waals surface area (Å²) >= 11 is 0. The van der Waals surface area contributed by atoms with Gasteiger partial charge in [0.05, 0.1) is 46.2 Å². The summed E-state index contributed by atoms with van der Waals surface area (Å²) in [5.74, 6) is 0.735. The van der Waals surface area contributed by atoms with Crippen LogP contribution in [-0.2, 0) is 0 Å². The Hall–Kier alpha value is -3.32. The monoisotopic (exact) mass is 411 g/mol. The molecule has 156 valence electrons. The molecule has 0 saturated carbocycles. The highest BCUT2D eigenvalue weighted by Gasteiger charge is 2.32.